The first-order chi connectivity index (χ1) is 7.13. The SMILES string of the molecule is COC(=O)[C@@H]1[C@@H](CC(C)=O)[C@H]2C=C[C@H]1C2. The van der Waals surface area contributed by atoms with Gasteiger partial charge in [0, 0.05) is 6.42 Å². The second kappa shape index (κ2) is 3.80. The molecule has 0 saturated heterocycles. The van der Waals surface area contributed by atoms with Crippen molar-refractivity contribution < 1.29 is 14.3 Å². The second-order valence-corrected chi connectivity index (χ2v) is 4.57. The number of carbonyl (C=O) groups is 2. The van der Waals surface area contributed by atoms with Gasteiger partial charge in [-0.3, -0.25) is 4.79 Å². The van der Waals surface area contributed by atoms with Gasteiger partial charge in [0.05, 0.1) is 13.0 Å². The fourth-order valence-corrected chi connectivity index (χ4v) is 3.02. The molecule has 3 heteroatoms. The van der Waals surface area contributed by atoms with Crippen LogP contribution in [-0.4, -0.2) is 18.9 Å². The highest BCUT2D eigenvalue weighted by atomic mass is 16.5. The molecule has 4 atom stereocenters. The number of ketones is 1. The molecule has 0 aromatic heterocycles. The van der Waals surface area contributed by atoms with Crippen LogP contribution in [0.3, 0.4) is 0 Å². The van der Waals surface area contributed by atoms with Crippen LogP contribution >= 0.6 is 0 Å². The van der Waals surface area contributed by atoms with Gasteiger partial charge in [0.1, 0.15) is 5.78 Å². The molecule has 2 aliphatic rings. The van der Waals surface area contributed by atoms with Gasteiger partial charge in [-0.2, -0.15) is 0 Å². The van der Waals surface area contributed by atoms with Crippen LogP contribution in [0.15, 0.2) is 12.2 Å². The van der Waals surface area contributed by atoms with Crippen molar-refractivity contribution in [2.45, 2.75) is 19.8 Å². The van der Waals surface area contributed by atoms with E-state index >= 15 is 0 Å². The van der Waals surface area contributed by atoms with E-state index in [-0.39, 0.29) is 23.6 Å². The van der Waals surface area contributed by atoms with Crippen LogP contribution in [0.2, 0.25) is 0 Å². The summed E-state index contributed by atoms with van der Waals surface area (Å²) in [6.07, 6.45) is 5.77. The molecule has 0 spiro atoms. The molecule has 3 nitrogen and oxygen atoms in total. The highest BCUT2D eigenvalue weighted by molar-refractivity contribution is 5.79. The van der Waals surface area contributed by atoms with Crippen LogP contribution < -0.4 is 0 Å². The number of ether oxygens (including phenoxy) is 1. The first-order valence-electron chi connectivity index (χ1n) is 5.39. The van der Waals surface area contributed by atoms with Crippen LogP contribution in [0, 0.1) is 23.7 Å². The first kappa shape index (κ1) is 10.4. The van der Waals surface area contributed by atoms with Crippen LogP contribution in [0.4, 0.5) is 0 Å². The lowest BCUT2D eigenvalue weighted by Gasteiger charge is -2.24. The molecule has 0 aliphatic heterocycles. The number of carbonyl (C=O) groups excluding carboxylic acids is 2. The Morgan fingerprint density at radius 3 is 2.60 bits per heavy atom. The molecule has 2 aliphatic carbocycles. The largest absolute Gasteiger partial charge is 0.469 e. The van der Waals surface area contributed by atoms with Crippen molar-refractivity contribution in [1.82, 2.24) is 0 Å². The van der Waals surface area contributed by atoms with Gasteiger partial charge in [-0.05, 0) is 31.1 Å². The highest BCUT2D eigenvalue weighted by Gasteiger charge is 2.48. The molecule has 0 N–H and O–H groups in total. The Bertz CT molecular complexity index is 319. The molecule has 0 aromatic carbocycles. The summed E-state index contributed by atoms with van der Waals surface area (Å²) in [5.74, 6) is 0.793. The minimum absolute atomic E-state index is 0.0890. The fraction of sp³-hybridized carbons (Fsp3) is 0.667. The number of esters is 1. The standard InChI is InChI=1S/C12H16O3/c1-7(13)5-10-8-3-4-9(6-8)11(10)12(14)15-2/h3-4,8-11H,5-6H2,1-2H3/t8-,9-,10-,11-/m0/s1. The third-order valence-corrected chi connectivity index (χ3v) is 3.62. The molecule has 0 aromatic rings. The van der Waals surface area contributed by atoms with E-state index in [1.807, 2.05) is 0 Å². The van der Waals surface area contributed by atoms with E-state index in [1.165, 1.54) is 7.11 Å². The summed E-state index contributed by atoms with van der Waals surface area (Å²) in [4.78, 5) is 22.8. The van der Waals surface area contributed by atoms with E-state index in [0.29, 0.717) is 18.3 Å². The summed E-state index contributed by atoms with van der Waals surface area (Å²) in [5, 5.41) is 0. The Labute approximate surface area is 89.5 Å². The fourth-order valence-electron chi connectivity index (χ4n) is 3.02. The third-order valence-electron chi connectivity index (χ3n) is 3.62. The van der Waals surface area contributed by atoms with Gasteiger partial charge >= 0.3 is 5.97 Å². The predicted molar refractivity (Wildman–Crippen MR) is 55.0 cm³/mol. The first-order valence-corrected chi connectivity index (χ1v) is 5.39. The van der Waals surface area contributed by atoms with Crippen molar-refractivity contribution >= 4 is 11.8 Å². The number of fused-ring (bicyclic) bond motifs is 2. The van der Waals surface area contributed by atoms with Crippen LogP contribution in [0.5, 0.6) is 0 Å². The molecule has 1 saturated carbocycles. The number of allylic oxidation sites excluding steroid dienone is 2. The summed E-state index contributed by atoms with van der Waals surface area (Å²) >= 11 is 0. The number of methoxy groups -OCH3 is 1. The van der Waals surface area contributed by atoms with Gasteiger partial charge in [0.2, 0.25) is 0 Å². The van der Waals surface area contributed by atoms with E-state index in [4.69, 9.17) is 4.74 Å². The minimum Gasteiger partial charge on any atom is -0.469 e. The van der Waals surface area contributed by atoms with Crippen LogP contribution in [0.1, 0.15) is 19.8 Å². The van der Waals surface area contributed by atoms with Crippen molar-refractivity contribution in [3.8, 4) is 0 Å². The molecule has 0 unspecified atom stereocenters. The average molecular weight is 208 g/mol. The van der Waals surface area contributed by atoms with Crippen LogP contribution in [-0.2, 0) is 14.3 Å². The maximum Gasteiger partial charge on any atom is 0.309 e. The molecule has 2 bridgehead atoms. The summed E-state index contributed by atoms with van der Waals surface area (Å²) in [5.41, 5.74) is 0. The van der Waals surface area contributed by atoms with E-state index < -0.39 is 0 Å². The molecule has 15 heavy (non-hydrogen) atoms. The lowest BCUT2D eigenvalue weighted by Crippen LogP contribution is -2.29. The lowest BCUT2D eigenvalue weighted by atomic mass is 9.80. The molecule has 0 amide bonds. The Morgan fingerprint density at radius 2 is 2.00 bits per heavy atom. The highest BCUT2D eigenvalue weighted by Crippen LogP contribution is 2.49. The van der Waals surface area contributed by atoms with Crippen molar-refractivity contribution in [3.05, 3.63) is 12.2 Å². The van der Waals surface area contributed by atoms with Crippen molar-refractivity contribution in [3.63, 3.8) is 0 Å². The quantitative estimate of drug-likeness (QED) is 0.522. The van der Waals surface area contributed by atoms with Crippen LogP contribution in [0.25, 0.3) is 0 Å². The molecule has 0 radical (unpaired) electrons. The van der Waals surface area contributed by atoms with E-state index in [1.54, 1.807) is 6.92 Å². The van der Waals surface area contributed by atoms with Gasteiger partial charge in [0.15, 0.2) is 0 Å². The Kier molecular flexibility index (Phi) is 2.63. The minimum atomic E-state index is -0.155. The molecule has 82 valence electrons. The number of rotatable bonds is 3. The molecular formula is C12H16O3. The maximum atomic E-state index is 11.6. The summed E-state index contributed by atoms with van der Waals surface area (Å²) in [6.45, 7) is 1.59. The normalized spacial score (nSPS) is 36.9. The topological polar surface area (TPSA) is 43.4 Å². The summed E-state index contributed by atoms with van der Waals surface area (Å²) in [6, 6.07) is 0. The van der Waals surface area contributed by atoms with Gasteiger partial charge in [-0.15, -0.1) is 0 Å². The lowest BCUT2D eigenvalue weighted by molar-refractivity contribution is -0.148. The average Bonchev–Trinajstić information content (AvgIpc) is 2.76. The summed E-state index contributed by atoms with van der Waals surface area (Å²) in [7, 11) is 1.42. The predicted octanol–water partition coefficient (Wildman–Crippen LogP) is 1.58. The zero-order valence-corrected chi connectivity index (χ0v) is 9.10. The molecular weight excluding hydrogens is 192 g/mol. The van der Waals surface area contributed by atoms with Crippen molar-refractivity contribution in [1.29, 1.82) is 0 Å². The van der Waals surface area contributed by atoms with E-state index in [9.17, 15) is 9.59 Å². The smallest absolute Gasteiger partial charge is 0.309 e. The van der Waals surface area contributed by atoms with Gasteiger partial charge in [0.25, 0.3) is 0 Å². The van der Waals surface area contributed by atoms with E-state index in [2.05, 4.69) is 12.2 Å². The van der Waals surface area contributed by atoms with Gasteiger partial charge in [-0.25, -0.2) is 0 Å². The maximum absolute atomic E-state index is 11.6. The van der Waals surface area contributed by atoms with Crippen molar-refractivity contribution in [2.24, 2.45) is 23.7 Å². The van der Waals surface area contributed by atoms with Gasteiger partial charge < -0.3 is 9.53 Å². The zero-order valence-electron chi connectivity index (χ0n) is 9.10. The van der Waals surface area contributed by atoms with E-state index in [0.717, 1.165) is 6.42 Å². The molecule has 0 heterocycles. The Balaban J connectivity index is 2.16. The molecule has 1 fully saturated rings. The number of Topliss-reactive ketones (excluding diaryl/α,β-unsaturated/α-hetero) is 1. The molecule has 2 rings (SSSR count). The number of hydrogen-bond acceptors (Lipinski definition) is 3. The zero-order chi connectivity index (χ0) is 11.0. The Morgan fingerprint density at radius 1 is 1.33 bits per heavy atom. The third kappa shape index (κ3) is 1.71. The monoisotopic (exact) mass is 208 g/mol. The van der Waals surface area contributed by atoms with Gasteiger partial charge in [-0.1, -0.05) is 12.2 Å². The number of hydrogen-bond donors (Lipinski definition) is 0. The van der Waals surface area contributed by atoms with Crippen molar-refractivity contribution in [2.75, 3.05) is 7.11 Å². The Hall–Kier alpha value is -1.12. The summed E-state index contributed by atoms with van der Waals surface area (Å²) < 4.78 is 4.81. The second-order valence-electron chi connectivity index (χ2n) is 4.57.